The summed E-state index contributed by atoms with van der Waals surface area (Å²) in [5, 5.41) is 11.2. The number of hydrogen-bond acceptors (Lipinski definition) is 8. The van der Waals surface area contributed by atoms with Crippen molar-refractivity contribution in [2.45, 2.75) is 123 Å². The fourth-order valence-electron chi connectivity index (χ4n) is 6.86. The highest BCUT2D eigenvalue weighted by Gasteiger charge is 2.52. The van der Waals surface area contributed by atoms with Crippen LogP contribution in [-0.4, -0.2) is 86.9 Å². The number of nitrogens with zero attached hydrogens (tertiary/aromatic N) is 3. The number of ketones is 1. The maximum Gasteiger partial charge on any atom is 0.289 e. The molecule has 0 radical (unpaired) electrons. The highest BCUT2D eigenvalue weighted by Crippen LogP contribution is 2.43. The molecule has 3 fully saturated rings. The van der Waals surface area contributed by atoms with Crippen LogP contribution in [0.15, 0.2) is 18.6 Å². The summed E-state index contributed by atoms with van der Waals surface area (Å²) in [6, 6.07) is -3.82. The van der Waals surface area contributed by atoms with E-state index in [1.54, 1.807) is 18.7 Å². The zero-order valence-electron chi connectivity index (χ0n) is 28.5. The summed E-state index contributed by atoms with van der Waals surface area (Å²) < 4.78 is 0. The van der Waals surface area contributed by atoms with Gasteiger partial charge < -0.3 is 26.2 Å². The molecule has 0 aromatic carbocycles. The van der Waals surface area contributed by atoms with Crippen LogP contribution < -0.4 is 21.3 Å². The van der Waals surface area contributed by atoms with Crippen molar-refractivity contribution in [2.75, 3.05) is 6.54 Å². The highest BCUT2D eigenvalue weighted by atomic mass is 16.2. The van der Waals surface area contributed by atoms with Gasteiger partial charge in [0.15, 0.2) is 0 Å². The van der Waals surface area contributed by atoms with Crippen molar-refractivity contribution < 1.29 is 28.8 Å². The average molecular weight is 654 g/mol. The third-order valence-corrected chi connectivity index (χ3v) is 9.75. The van der Waals surface area contributed by atoms with Crippen molar-refractivity contribution in [3.8, 4) is 0 Å². The standard InChI is InChI=1S/C34H51N7O6/c1-7-10-23(27(42)32(46)37-21-12-9-13-21)38-31(45)26-22-14-8-11-20(22)18-41(26)33(47)28(34(4,5)6)40-30(44)25(19(2)3)39-29(43)24-17-35-15-16-36-24/h15-17,19-23,25-26,28H,7-14,18H2,1-6H3,(H,37,46)(H,38,45)(H,39,43)(H,40,44)/t20-,22-,23?,25-,26-,28+/m0/s1. The summed E-state index contributed by atoms with van der Waals surface area (Å²) in [5.74, 6) is -3.60. The number of carbonyl (C=O) groups excluding carboxylic acids is 6. The smallest absolute Gasteiger partial charge is 0.289 e. The van der Waals surface area contributed by atoms with Gasteiger partial charge in [-0.1, -0.05) is 54.4 Å². The number of hydrogen-bond donors (Lipinski definition) is 4. The van der Waals surface area contributed by atoms with Crippen molar-refractivity contribution >= 4 is 35.3 Å². The molecule has 6 atom stereocenters. The first-order valence-electron chi connectivity index (χ1n) is 17.1. The zero-order chi connectivity index (χ0) is 34.5. The van der Waals surface area contributed by atoms with Crippen molar-refractivity contribution in [2.24, 2.45) is 23.2 Å². The predicted molar refractivity (Wildman–Crippen MR) is 173 cm³/mol. The Hall–Kier alpha value is -3.90. The summed E-state index contributed by atoms with van der Waals surface area (Å²) in [5.41, 5.74) is -0.686. The molecule has 2 aliphatic carbocycles. The van der Waals surface area contributed by atoms with Gasteiger partial charge in [-0.15, -0.1) is 0 Å². The number of aromatic nitrogens is 2. The van der Waals surface area contributed by atoms with E-state index in [0.717, 1.165) is 38.5 Å². The van der Waals surface area contributed by atoms with Crippen molar-refractivity contribution in [3.05, 3.63) is 24.3 Å². The topological polar surface area (TPSA) is 180 Å². The molecule has 1 aliphatic heterocycles. The van der Waals surface area contributed by atoms with Crippen molar-refractivity contribution in [3.63, 3.8) is 0 Å². The molecule has 258 valence electrons. The Balaban J connectivity index is 1.53. The van der Waals surface area contributed by atoms with Crippen LogP contribution in [0.2, 0.25) is 0 Å². The van der Waals surface area contributed by atoms with Gasteiger partial charge in [0.2, 0.25) is 23.5 Å². The maximum absolute atomic E-state index is 14.4. The third-order valence-electron chi connectivity index (χ3n) is 9.75. The lowest BCUT2D eigenvalue weighted by Gasteiger charge is -2.37. The lowest BCUT2D eigenvalue weighted by Crippen LogP contribution is -2.62. The Labute approximate surface area is 277 Å². The van der Waals surface area contributed by atoms with E-state index in [0.29, 0.717) is 19.4 Å². The minimum absolute atomic E-state index is 0.00760. The van der Waals surface area contributed by atoms with Gasteiger partial charge in [0.05, 0.1) is 12.2 Å². The lowest BCUT2D eigenvalue weighted by atomic mass is 9.85. The molecule has 1 aromatic rings. The van der Waals surface area contributed by atoms with E-state index in [1.807, 2.05) is 27.7 Å². The van der Waals surface area contributed by atoms with Gasteiger partial charge in [-0.25, -0.2) is 4.98 Å². The molecule has 2 heterocycles. The van der Waals surface area contributed by atoms with E-state index < -0.39 is 64.9 Å². The number of carbonyl (C=O) groups is 6. The lowest BCUT2D eigenvalue weighted by molar-refractivity contribution is -0.146. The molecule has 1 saturated heterocycles. The Morgan fingerprint density at radius 3 is 2.23 bits per heavy atom. The largest absolute Gasteiger partial charge is 0.347 e. The first kappa shape index (κ1) is 35.9. The van der Waals surface area contributed by atoms with Gasteiger partial charge >= 0.3 is 0 Å². The fraction of sp³-hybridized carbons (Fsp3) is 0.706. The van der Waals surface area contributed by atoms with E-state index in [1.165, 1.54) is 18.6 Å². The van der Waals surface area contributed by atoms with Crippen LogP contribution in [0.1, 0.15) is 103 Å². The number of Topliss-reactive ketones (excluding diaryl/α,β-unsaturated/α-hetero) is 1. The summed E-state index contributed by atoms with van der Waals surface area (Å²) in [6.45, 7) is 11.3. The summed E-state index contributed by atoms with van der Waals surface area (Å²) >= 11 is 0. The van der Waals surface area contributed by atoms with Gasteiger partial charge in [-0.05, 0) is 61.7 Å². The Bertz CT molecular complexity index is 1330. The Morgan fingerprint density at radius 1 is 0.957 bits per heavy atom. The van der Waals surface area contributed by atoms with Crippen LogP contribution in [0.5, 0.6) is 0 Å². The molecule has 1 aromatic heterocycles. The van der Waals surface area contributed by atoms with Crippen LogP contribution in [-0.2, 0) is 24.0 Å². The molecular formula is C34H51N7O6. The van der Waals surface area contributed by atoms with Crippen molar-refractivity contribution in [1.82, 2.24) is 36.1 Å². The van der Waals surface area contributed by atoms with Crippen LogP contribution >= 0.6 is 0 Å². The zero-order valence-corrected chi connectivity index (χ0v) is 28.5. The van der Waals surface area contributed by atoms with E-state index in [-0.39, 0.29) is 29.5 Å². The summed E-state index contributed by atoms with van der Waals surface area (Å²) in [4.78, 5) is 90.4. The van der Waals surface area contributed by atoms with Crippen LogP contribution in [0, 0.1) is 23.2 Å². The number of nitrogens with one attached hydrogen (secondary N) is 4. The second kappa shape index (κ2) is 15.3. The van der Waals surface area contributed by atoms with Gasteiger partial charge in [0.1, 0.15) is 23.8 Å². The molecule has 1 unspecified atom stereocenters. The van der Waals surface area contributed by atoms with E-state index in [2.05, 4.69) is 31.2 Å². The molecule has 0 bridgehead atoms. The Morgan fingerprint density at radius 2 is 1.66 bits per heavy atom. The number of amides is 5. The number of likely N-dealkylation sites (tertiary alicyclic amines) is 1. The quantitative estimate of drug-likeness (QED) is 0.233. The van der Waals surface area contributed by atoms with Crippen LogP contribution in [0.4, 0.5) is 0 Å². The second-order valence-corrected chi connectivity index (χ2v) is 14.7. The monoisotopic (exact) mass is 653 g/mol. The molecule has 3 aliphatic rings. The van der Waals surface area contributed by atoms with Gasteiger partial charge in [0, 0.05) is 25.0 Å². The van der Waals surface area contributed by atoms with E-state index in [9.17, 15) is 28.8 Å². The summed E-state index contributed by atoms with van der Waals surface area (Å²) in [7, 11) is 0. The fourth-order valence-corrected chi connectivity index (χ4v) is 6.86. The third kappa shape index (κ3) is 8.53. The minimum Gasteiger partial charge on any atom is -0.347 e. The van der Waals surface area contributed by atoms with E-state index in [4.69, 9.17) is 0 Å². The molecule has 47 heavy (non-hydrogen) atoms. The highest BCUT2D eigenvalue weighted by molar-refractivity contribution is 6.38. The average Bonchev–Trinajstić information content (AvgIpc) is 3.60. The molecular weight excluding hydrogens is 602 g/mol. The van der Waals surface area contributed by atoms with Gasteiger partial charge in [-0.3, -0.25) is 33.8 Å². The minimum atomic E-state index is -1.01. The molecule has 4 N–H and O–H groups in total. The molecule has 0 spiro atoms. The molecule has 2 saturated carbocycles. The molecule has 4 rings (SSSR count). The SMILES string of the molecule is CCCC(NC(=O)[C@@H]1[C@H]2CCC[C@H]2CN1C(=O)[C@@H](NC(=O)[C@@H](NC(=O)c1cnccn1)C(C)C)C(C)(C)C)C(=O)C(=O)NC1CCC1. The van der Waals surface area contributed by atoms with Crippen molar-refractivity contribution in [1.29, 1.82) is 0 Å². The molecule has 13 heteroatoms. The van der Waals surface area contributed by atoms with Gasteiger partial charge in [0.25, 0.3) is 11.8 Å². The molecule has 5 amide bonds. The number of fused-ring (bicyclic) bond motifs is 1. The second-order valence-electron chi connectivity index (χ2n) is 14.7. The van der Waals surface area contributed by atoms with E-state index >= 15 is 0 Å². The number of rotatable bonds is 13. The first-order chi connectivity index (χ1) is 22.2. The normalized spacial score (nSPS) is 22.8. The first-order valence-corrected chi connectivity index (χ1v) is 17.1. The predicted octanol–water partition coefficient (Wildman–Crippen LogP) is 1.91. The van der Waals surface area contributed by atoms with Crippen LogP contribution in [0.25, 0.3) is 0 Å². The van der Waals surface area contributed by atoms with Gasteiger partial charge in [-0.2, -0.15) is 0 Å². The molecule has 13 nitrogen and oxygen atoms in total. The Kier molecular flexibility index (Phi) is 11.7. The summed E-state index contributed by atoms with van der Waals surface area (Å²) in [6.07, 6.45) is 10.3. The van der Waals surface area contributed by atoms with Crippen LogP contribution in [0.3, 0.4) is 0 Å². The maximum atomic E-state index is 14.4.